The van der Waals surface area contributed by atoms with Gasteiger partial charge in [-0.3, -0.25) is 13.8 Å². The van der Waals surface area contributed by atoms with Gasteiger partial charge in [0.2, 0.25) is 11.8 Å². The number of carbonyl (C=O) groups is 2. The quantitative estimate of drug-likeness (QED) is 0.472. The molecular formula is C25H25NO4S2. The number of ether oxygens (including phenoxy) is 1. The van der Waals surface area contributed by atoms with Crippen molar-refractivity contribution >= 4 is 39.6 Å². The lowest BCUT2D eigenvalue weighted by Gasteiger charge is -2.35. The van der Waals surface area contributed by atoms with Crippen LogP contribution in [-0.4, -0.2) is 32.1 Å². The Labute approximate surface area is 193 Å². The summed E-state index contributed by atoms with van der Waals surface area (Å²) in [5, 5.41) is 0. The summed E-state index contributed by atoms with van der Waals surface area (Å²) in [6.45, 7) is 8.99. The maximum atomic E-state index is 14.0. The van der Waals surface area contributed by atoms with E-state index in [0.717, 1.165) is 11.1 Å². The lowest BCUT2D eigenvalue weighted by Crippen LogP contribution is -2.44. The average Bonchev–Trinajstić information content (AvgIpc) is 3.28. The van der Waals surface area contributed by atoms with E-state index in [1.54, 1.807) is 23.5 Å². The van der Waals surface area contributed by atoms with E-state index in [0.29, 0.717) is 25.3 Å². The van der Waals surface area contributed by atoms with Gasteiger partial charge in [-0.2, -0.15) is 0 Å². The maximum absolute atomic E-state index is 14.0. The fourth-order valence-electron chi connectivity index (χ4n) is 6.62. The molecule has 2 amide bonds. The van der Waals surface area contributed by atoms with Crippen LogP contribution in [0.3, 0.4) is 0 Å². The number of fused-ring (bicyclic) bond motifs is 8. The molecule has 1 aromatic heterocycles. The van der Waals surface area contributed by atoms with Crippen molar-refractivity contribution in [2.45, 2.75) is 50.2 Å². The second kappa shape index (κ2) is 6.49. The van der Waals surface area contributed by atoms with E-state index in [4.69, 9.17) is 4.74 Å². The Morgan fingerprint density at radius 2 is 1.53 bits per heavy atom. The second-order valence-electron chi connectivity index (χ2n) is 9.58. The van der Waals surface area contributed by atoms with Gasteiger partial charge < -0.3 is 4.74 Å². The SMILES string of the molecule is Cc1sc(C)c2c1COCC1=C(C2)C2(C)C3C(=O)N(c4ccccc4)C(=O)C3[C@]1(C)S2=O. The van der Waals surface area contributed by atoms with Crippen molar-refractivity contribution in [3.63, 3.8) is 0 Å². The molecule has 4 aliphatic heterocycles. The number of hydrogen-bond acceptors (Lipinski definition) is 5. The summed E-state index contributed by atoms with van der Waals surface area (Å²) in [6.07, 6.45) is 0.679. The first kappa shape index (κ1) is 20.5. The fraction of sp³-hybridized carbons (Fsp3) is 0.440. The molecule has 1 aromatic carbocycles. The van der Waals surface area contributed by atoms with Gasteiger partial charge in [0.25, 0.3) is 0 Å². The zero-order valence-corrected chi connectivity index (χ0v) is 20.2. The standard InChI is InChI=1S/C25H25NO4S2/c1-13-16-10-18-19(12-30-11-17(16)14(2)31-13)25(4)21-20(24(18,3)32(25)29)22(27)26(23(21)28)15-8-6-5-7-9-15/h5-9,20-21H,10-12H2,1-4H3/t20?,21?,24?,25-,32?/m1/s1. The molecule has 5 heterocycles. The minimum Gasteiger partial charge on any atom is -0.372 e. The molecule has 0 saturated carbocycles. The lowest BCUT2D eigenvalue weighted by molar-refractivity contribution is -0.122. The Hall–Kier alpha value is -2.09. The molecule has 5 nitrogen and oxygen atoms in total. The van der Waals surface area contributed by atoms with Gasteiger partial charge in [0.15, 0.2) is 0 Å². The maximum Gasteiger partial charge on any atom is 0.239 e. The summed E-state index contributed by atoms with van der Waals surface area (Å²) in [7, 11) is -1.38. The molecule has 2 fully saturated rings. The second-order valence-corrected chi connectivity index (χ2v) is 13.2. The highest BCUT2D eigenvalue weighted by Crippen LogP contribution is 2.66. The number of amides is 2. The van der Waals surface area contributed by atoms with Gasteiger partial charge in [-0.25, -0.2) is 4.90 Å². The van der Waals surface area contributed by atoms with Crippen molar-refractivity contribution in [1.82, 2.24) is 0 Å². The zero-order valence-electron chi connectivity index (χ0n) is 18.6. The van der Waals surface area contributed by atoms with Crippen molar-refractivity contribution < 1.29 is 18.5 Å². The van der Waals surface area contributed by atoms with E-state index in [-0.39, 0.29) is 11.8 Å². The highest BCUT2D eigenvalue weighted by atomic mass is 32.2. The Morgan fingerprint density at radius 3 is 2.19 bits per heavy atom. The number of rotatable bonds is 1. The van der Waals surface area contributed by atoms with Crippen LogP contribution in [0.4, 0.5) is 5.69 Å². The number of para-hydroxylation sites is 1. The van der Waals surface area contributed by atoms with E-state index in [9.17, 15) is 13.8 Å². The Balaban J connectivity index is 1.53. The minimum absolute atomic E-state index is 0.223. The summed E-state index contributed by atoms with van der Waals surface area (Å²) in [4.78, 5) is 31.2. The summed E-state index contributed by atoms with van der Waals surface area (Å²) in [5.41, 5.74) is 5.08. The third-order valence-corrected chi connectivity index (χ3v) is 11.9. The number of thiophene rings is 1. The van der Waals surface area contributed by atoms with Crippen LogP contribution in [0.15, 0.2) is 41.5 Å². The van der Waals surface area contributed by atoms with Crippen LogP contribution in [-0.2, 0) is 38.2 Å². The number of hydrogen-bond donors (Lipinski definition) is 0. The molecule has 32 heavy (non-hydrogen) atoms. The van der Waals surface area contributed by atoms with E-state index >= 15 is 0 Å². The number of imide groups is 1. The Morgan fingerprint density at radius 1 is 0.938 bits per heavy atom. The monoisotopic (exact) mass is 467 g/mol. The first-order valence-electron chi connectivity index (χ1n) is 11.0. The summed E-state index contributed by atoms with van der Waals surface area (Å²) >= 11 is 1.77. The molecule has 4 unspecified atom stereocenters. The molecule has 0 spiro atoms. The number of benzene rings is 1. The summed E-state index contributed by atoms with van der Waals surface area (Å²) in [6, 6.07) is 9.10. The van der Waals surface area contributed by atoms with Crippen molar-refractivity contribution in [2.75, 3.05) is 11.5 Å². The Kier molecular flexibility index (Phi) is 4.16. The van der Waals surface area contributed by atoms with Gasteiger partial charge in [0, 0.05) is 20.6 Å². The molecule has 166 valence electrons. The third-order valence-electron chi connectivity index (χ3n) is 8.21. The molecular weight excluding hydrogens is 442 g/mol. The predicted molar refractivity (Wildman–Crippen MR) is 125 cm³/mol. The lowest BCUT2D eigenvalue weighted by atomic mass is 9.64. The van der Waals surface area contributed by atoms with Gasteiger partial charge in [0.1, 0.15) is 0 Å². The summed E-state index contributed by atoms with van der Waals surface area (Å²) in [5.74, 6) is -1.68. The molecule has 2 saturated heterocycles. The van der Waals surface area contributed by atoms with Gasteiger partial charge in [-0.15, -0.1) is 11.3 Å². The number of anilines is 1. The molecule has 0 N–H and O–H groups in total. The molecule has 7 heteroatoms. The van der Waals surface area contributed by atoms with E-state index in [2.05, 4.69) is 13.8 Å². The highest BCUT2D eigenvalue weighted by Gasteiger charge is 2.78. The van der Waals surface area contributed by atoms with Gasteiger partial charge >= 0.3 is 0 Å². The van der Waals surface area contributed by atoms with Crippen LogP contribution < -0.4 is 4.90 Å². The van der Waals surface area contributed by atoms with Crippen molar-refractivity contribution in [3.05, 3.63) is 62.4 Å². The van der Waals surface area contributed by atoms with Crippen molar-refractivity contribution in [3.8, 4) is 0 Å². The normalized spacial score (nSPS) is 35.6. The minimum atomic E-state index is -1.38. The van der Waals surface area contributed by atoms with Crippen LogP contribution in [0.2, 0.25) is 0 Å². The van der Waals surface area contributed by atoms with Crippen LogP contribution in [0.1, 0.15) is 34.7 Å². The van der Waals surface area contributed by atoms with Gasteiger partial charge in [-0.1, -0.05) is 18.2 Å². The van der Waals surface area contributed by atoms with Crippen LogP contribution in [0.25, 0.3) is 0 Å². The molecule has 4 aliphatic rings. The number of carbonyl (C=O) groups excluding carboxylic acids is 2. The third kappa shape index (κ3) is 2.20. The molecule has 2 bridgehead atoms. The highest BCUT2D eigenvalue weighted by molar-refractivity contribution is 7.89. The topological polar surface area (TPSA) is 63.7 Å². The van der Waals surface area contributed by atoms with E-state index < -0.39 is 32.1 Å². The van der Waals surface area contributed by atoms with Crippen LogP contribution in [0, 0.1) is 25.7 Å². The summed E-state index contributed by atoms with van der Waals surface area (Å²) < 4.78 is 18.4. The largest absolute Gasteiger partial charge is 0.372 e. The van der Waals surface area contributed by atoms with Gasteiger partial charge in [0.05, 0.1) is 40.2 Å². The first-order chi connectivity index (χ1) is 15.2. The average molecular weight is 468 g/mol. The van der Waals surface area contributed by atoms with E-state index in [1.165, 1.54) is 25.8 Å². The van der Waals surface area contributed by atoms with Gasteiger partial charge in [-0.05, 0) is 68.5 Å². The first-order valence-corrected chi connectivity index (χ1v) is 12.9. The number of aryl methyl sites for hydroxylation is 2. The molecule has 6 rings (SSSR count). The fourth-order valence-corrected chi connectivity index (χ4v) is 10.3. The van der Waals surface area contributed by atoms with Crippen LogP contribution >= 0.6 is 11.3 Å². The smallest absolute Gasteiger partial charge is 0.239 e. The van der Waals surface area contributed by atoms with E-state index in [1.807, 2.05) is 32.0 Å². The van der Waals surface area contributed by atoms with Crippen molar-refractivity contribution in [2.24, 2.45) is 11.8 Å². The molecule has 0 radical (unpaired) electrons. The van der Waals surface area contributed by atoms with Crippen LogP contribution in [0.5, 0.6) is 0 Å². The van der Waals surface area contributed by atoms with Crippen molar-refractivity contribution in [1.29, 1.82) is 0 Å². The Bertz CT molecular complexity index is 1260. The molecule has 2 aromatic rings. The molecule has 0 aliphatic carbocycles. The number of nitrogens with zero attached hydrogens (tertiary/aromatic N) is 1. The molecule has 5 atom stereocenters. The predicted octanol–water partition coefficient (Wildman–Crippen LogP) is 3.83. The zero-order chi connectivity index (χ0) is 22.6.